The Morgan fingerprint density at radius 1 is 0.935 bits per heavy atom. The van der Waals surface area contributed by atoms with Gasteiger partial charge in [-0.25, -0.2) is 4.79 Å². The first kappa shape index (κ1) is 22.4. The molecular weight excluding hydrogens is 418 g/mol. The van der Waals surface area contributed by atoms with E-state index in [4.69, 9.17) is 11.6 Å². The summed E-state index contributed by atoms with van der Waals surface area (Å²) in [6, 6.07) is 13.5. The van der Waals surface area contributed by atoms with Crippen molar-refractivity contribution in [3.05, 3.63) is 53.6 Å². The summed E-state index contributed by atoms with van der Waals surface area (Å²) < 4.78 is 0. The van der Waals surface area contributed by atoms with Crippen LogP contribution in [0, 0.1) is 0 Å². The molecule has 164 valence electrons. The molecule has 1 heterocycles. The van der Waals surface area contributed by atoms with Crippen molar-refractivity contribution in [2.75, 3.05) is 41.7 Å². The number of benzene rings is 2. The number of halogens is 1. The maximum atomic E-state index is 12.6. The zero-order chi connectivity index (χ0) is 22.4. The summed E-state index contributed by atoms with van der Waals surface area (Å²) in [5.74, 6) is -0.534. The Morgan fingerprint density at radius 2 is 1.55 bits per heavy atom. The minimum absolute atomic E-state index is 0.194. The number of urea groups is 1. The highest BCUT2D eigenvalue weighted by atomic mass is 35.5. The molecule has 3 N–H and O–H groups in total. The normalized spacial score (nSPS) is 14.5. The van der Waals surface area contributed by atoms with Crippen molar-refractivity contribution in [3.8, 4) is 0 Å². The zero-order valence-electron chi connectivity index (χ0n) is 17.5. The molecule has 1 atom stereocenters. The fourth-order valence-electron chi connectivity index (χ4n) is 3.29. The van der Waals surface area contributed by atoms with Crippen molar-refractivity contribution in [1.82, 2.24) is 10.2 Å². The summed E-state index contributed by atoms with van der Waals surface area (Å²) in [7, 11) is 0. The Kier molecular flexibility index (Phi) is 7.36. The number of carbonyl (C=O) groups excluding carboxylic acids is 3. The number of hydrogen-bond acceptors (Lipinski definition) is 4. The largest absolute Gasteiger partial charge is 0.368 e. The van der Waals surface area contributed by atoms with E-state index in [2.05, 4.69) is 20.9 Å². The van der Waals surface area contributed by atoms with Crippen molar-refractivity contribution >= 4 is 46.5 Å². The third-order valence-corrected chi connectivity index (χ3v) is 5.19. The maximum absolute atomic E-state index is 12.6. The smallest absolute Gasteiger partial charge is 0.318 e. The topological polar surface area (TPSA) is 93.8 Å². The molecule has 0 radical (unpaired) electrons. The third kappa shape index (κ3) is 6.36. The monoisotopic (exact) mass is 443 g/mol. The molecule has 4 amide bonds. The van der Waals surface area contributed by atoms with E-state index in [1.807, 2.05) is 24.3 Å². The van der Waals surface area contributed by atoms with Crippen molar-refractivity contribution in [2.45, 2.75) is 19.9 Å². The summed E-state index contributed by atoms with van der Waals surface area (Å²) in [6.45, 7) is 5.56. The fraction of sp³-hybridized carbons (Fsp3) is 0.318. The number of amides is 4. The van der Waals surface area contributed by atoms with Crippen LogP contribution >= 0.6 is 11.6 Å². The molecule has 0 spiro atoms. The molecule has 0 bridgehead atoms. The average Bonchev–Trinajstić information content (AvgIpc) is 2.74. The molecule has 0 aromatic heterocycles. The summed E-state index contributed by atoms with van der Waals surface area (Å²) >= 11 is 5.94. The molecule has 0 saturated carbocycles. The molecule has 0 aliphatic carbocycles. The molecule has 2 aromatic rings. The van der Waals surface area contributed by atoms with Crippen molar-refractivity contribution in [3.63, 3.8) is 0 Å². The second kappa shape index (κ2) is 10.2. The molecule has 31 heavy (non-hydrogen) atoms. The van der Waals surface area contributed by atoms with Gasteiger partial charge in [0.2, 0.25) is 11.8 Å². The number of anilines is 3. The van der Waals surface area contributed by atoms with Crippen LogP contribution in [0.4, 0.5) is 21.9 Å². The summed E-state index contributed by atoms with van der Waals surface area (Å²) in [5.41, 5.74) is 2.19. The molecule has 9 heteroatoms. The van der Waals surface area contributed by atoms with Crippen LogP contribution in [0.3, 0.4) is 0 Å². The molecule has 1 saturated heterocycles. The number of hydrogen-bond donors (Lipinski definition) is 3. The van der Waals surface area contributed by atoms with Crippen LogP contribution in [0.2, 0.25) is 5.02 Å². The van der Waals surface area contributed by atoms with E-state index in [9.17, 15) is 14.4 Å². The SMILES string of the molecule is CC(=O)Nc1cccc(NC(=O)[C@@H](C)NC(=O)N2CCN(c3ccc(Cl)cc3)CC2)c1. The molecule has 2 aromatic carbocycles. The maximum Gasteiger partial charge on any atom is 0.318 e. The number of piperazine rings is 1. The number of rotatable bonds is 5. The van der Waals surface area contributed by atoms with Gasteiger partial charge in [-0.2, -0.15) is 0 Å². The minimum atomic E-state index is -0.716. The fourth-order valence-corrected chi connectivity index (χ4v) is 3.42. The van der Waals surface area contributed by atoms with Crippen LogP contribution in [0.1, 0.15) is 13.8 Å². The summed E-state index contributed by atoms with van der Waals surface area (Å²) in [4.78, 5) is 40.1. The Hall–Kier alpha value is -3.26. The van der Waals surface area contributed by atoms with Gasteiger partial charge in [-0.3, -0.25) is 9.59 Å². The Balaban J connectivity index is 1.48. The van der Waals surface area contributed by atoms with Gasteiger partial charge in [-0.05, 0) is 49.4 Å². The lowest BCUT2D eigenvalue weighted by atomic mass is 10.2. The first-order valence-corrected chi connectivity index (χ1v) is 10.4. The Labute approximate surface area is 186 Å². The predicted octanol–water partition coefficient (Wildman–Crippen LogP) is 3.16. The van der Waals surface area contributed by atoms with Gasteiger partial charge in [0.1, 0.15) is 6.04 Å². The van der Waals surface area contributed by atoms with Crippen molar-refractivity contribution in [1.29, 1.82) is 0 Å². The van der Waals surface area contributed by atoms with Gasteiger partial charge in [0, 0.05) is 55.2 Å². The van der Waals surface area contributed by atoms with Gasteiger partial charge in [-0.15, -0.1) is 0 Å². The van der Waals surface area contributed by atoms with Gasteiger partial charge >= 0.3 is 6.03 Å². The lowest BCUT2D eigenvalue weighted by Gasteiger charge is -2.36. The van der Waals surface area contributed by atoms with E-state index in [0.717, 1.165) is 5.69 Å². The first-order chi connectivity index (χ1) is 14.8. The van der Waals surface area contributed by atoms with Crippen molar-refractivity contribution in [2.24, 2.45) is 0 Å². The van der Waals surface area contributed by atoms with Gasteiger partial charge in [0.05, 0.1) is 0 Å². The quantitative estimate of drug-likeness (QED) is 0.661. The van der Waals surface area contributed by atoms with Crippen LogP contribution in [-0.2, 0) is 9.59 Å². The number of nitrogens with one attached hydrogen (secondary N) is 3. The zero-order valence-corrected chi connectivity index (χ0v) is 18.3. The Bertz CT molecular complexity index is 942. The second-order valence-corrected chi connectivity index (χ2v) is 7.81. The predicted molar refractivity (Wildman–Crippen MR) is 123 cm³/mol. The molecule has 0 unspecified atom stereocenters. The first-order valence-electron chi connectivity index (χ1n) is 10.1. The van der Waals surface area contributed by atoms with E-state index in [1.165, 1.54) is 6.92 Å². The summed E-state index contributed by atoms with van der Waals surface area (Å²) in [5, 5.41) is 8.86. The van der Waals surface area contributed by atoms with Crippen molar-refractivity contribution < 1.29 is 14.4 Å². The van der Waals surface area contributed by atoms with Crippen LogP contribution in [0.5, 0.6) is 0 Å². The van der Waals surface area contributed by atoms with Crippen LogP contribution < -0.4 is 20.9 Å². The highest BCUT2D eigenvalue weighted by Gasteiger charge is 2.24. The highest BCUT2D eigenvalue weighted by Crippen LogP contribution is 2.19. The average molecular weight is 444 g/mol. The van der Waals surface area contributed by atoms with Gasteiger partial charge < -0.3 is 25.8 Å². The number of nitrogens with zero attached hydrogens (tertiary/aromatic N) is 2. The molecule has 1 aliphatic rings. The Morgan fingerprint density at radius 3 is 2.16 bits per heavy atom. The molecule has 8 nitrogen and oxygen atoms in total. The summed E-state index contributed by atoms with van der Waals surface area (Å²) in [6.07, 6.45) is 0. The van der Waals surface area contributed by atoms with Crippen LogP contribution in [-0.4, -0.2) is 55.0 Å². The van der Waals surface area contributed by atoms with E-state index in [-0.39, 0.29) is 17.8 Å². The van der Waals surface area contributed by atoms with Gasteiger partial charge in [-0.1, -0.05) is 17.7 Å². The molecule has 1 aliphatic heterocycles. The van der Waals surface area contributed by atoms with E-state index in [1.54, 1.807) is 36.1 Å². The van der Waals surface area contributed by atoms with E-state index in [0.29, 0.717) is 42.6 Å². The lowest BCUT2D eigenvalue weighted by Crippen LogP contribution is -2.54. The van der Waals surface area contributed by atoms with E-state index < -0.39 is 6.04 Å². The molecular formula is C22H26ClN5O3. The van der Waals surface area contributed by atoms with Crippen LogP contribution in [0.25, 0.3) is 0 Å². The van der Waals surface area contributed by atoms with Crippen LogP contribution in [0.15, 0.2) is 48.5 Å². The molecule has 3 rings (SSSR count). The standard InChI is InChI=1S/C22H26ClN5O3/c1-15(21(30)26-19-5-3-4-18(14-19)25-16(2)29)24-22(31)28-12-10-27(11-13-28)20-8-6-17(23)7-9-20/h3-9,14-15H,10-13H2,1-2H3,(H,24,31)(H,25,29)(H,26,30)/t15-/m1/s1. The number of carbonyl (C=O) groups is 3. The minimum Gasteiger partial charge on any atom is -0.368 e. The highest BCUT2D eigenvalue weighted by molar-refractivity contribution is 6.30. The second-order valence-electron chi connectivity index (χ2n) is 7.37. The third-order valence-electron chi connectivity index (χ3n) is 4.94. The van der Waals surface area contributed by atoms with Gasteiger partial charge in [0.15, 0.2) is 0 Å². The lowest BCUT2D eigenvalue weighted by molar-refractivity contribution is -0.117. The van der Waals surface area contributed by atoms with Gasteiger partial charge in [0.25, 0.3) is 0 Å². The molecule has 1 fully saturated rings. The van der Waals surface area contributed by atoms with E-state index >= 15 is 0 Å².